The van der Waals surface area contributed by atoms with Crippen LogP contribution < -0.4 is 28.4 Å². The first-order chi connectivity index (χ1) is 32.5. The number of carboxylic acid groups (broad SMARTS) is 1. The third-order valence-electron chi connectivity index (χ3n) is 10.3. The second-order valence-electron chi connectivity index (χ2n) is 14.7. The topological polar surface area (TPSA) is 223 Å². The molecule has 0 aliphatic carbocycles. The molecule has 4 aromatic carbocycles. The molecule has 348 valence electrons. The maximum Gasteiger partial charge on any atom is 0.341 e. The van der Waals surface area contributed by atoms with Crippen molar-refractivity contribution in [3.05, 3.63) is 96.0 Å². The van der Waals surface area contributed by atoms with Gasteiger partial charge in [-0.05, 0) is 50.2 Å². The van der Waals surface area contributed by atoms with E-state index in [2.05, 4.69) is 19.9 Å². The van der Waals surface area contributed by atoms with Crippen LogP contribution in [-0.4, -0.2) is 96.9 Å². The van der Waals surface area contributed by atoms with Crippen LogP contribution in [-0.2, 0) is 14.3 Å². The number of hydrogen-bond acceptors (Lipinski definition) is 17. The molecule has 0 radical (unpaired) electrons. The van der Waals surface area contributed by atoms with Crippen LogP contribution in [0.5, 0.6) is 46.3 Å². The second-order valence-corrected chi connectivity index (χ2v) is 14.7. The number of ether oxygens (including phenoxy) is 8. The lowest BCUT2D eigenvalue weighted by Gasteiger charge is -2.15. The number of carbonyl (C=O) groups excluding carboxylic acids is 2. The summed E-state index contributed by atoms with van der Waals surface area (Å²) in [6, 6.07) is 17.3. The predicted molar refractivity (Wildman–Crippen MR) is 245 cm³/mol. The minimum atomic E-state index is -1.11. The molecular formula is C49H48N4O14. The fraction of sp³-hybridized carbons (Fsp3) is 0.286. The Morgan fingerprint density at radius 2 is 1.00 bits per heavy atom. The van der Waals surface area contributed by atoms with Crippen molar-refractivity contribution in [2.45, 2.75) is 40.5 Å². The van der Waals surface area contributed by atoms with Gasteiger partial charge < -0.3 is 51.8 Å². The molecule has 0 saturated heterocycles. The fourth-order valence-electron chi connectivity index (χ4n) is 7.15. The van der Waals surface area contributed by atoms with Gasteiger partial charge in [-0.1, -0.05) is 13.8 Å². The van der Waals surface area contributed by atoms with Crippen molar-refractivity contribution in [2.24, 2.45) is 0 Å². The largest absolute Gasteiger partial charge is 0.493 e. The van der Waals surface area contributed by atoms with Crippen LogP contribution in [0, 0.1) is 13.8 Å². The first kappa shape index (κ1) is 47.1. The molecule has 0 bridgehead atoms. The molecule has 67 heavy (non-hydrogen) atoms. The number of carboxylic acids is 1. The van der Waals surface area contributed by atoms with E-state index in [1.807, 2.05) is 19.9 Å². The van der Waals surface area contributed by atoms with E-state index in [0.717, 1.165) is 10.8 Å². The van der Waals surface area contributed by atoms with Crippen LogP contribution in [0.4, 0.5) is 0 Å². The number of ketones is 2. The molecule has 0 fully saturated rings. The van der Waals surface area contributed by atoms with E-state index in [-0.39, 0.29) is 23.2 Å². The van der Waals surface area contributed by atoms with Gasteiger partial charge in [-0.25, -0.2) is 24.7 Å². The third kappa shape index (κ3) is 10.7. The van der Waals surface area contributed by atoms with E-state index in [1.165, 1.54) is 19.8 Å². The maximum absolute atomic E-state index is 12.3. The van der Waals surface area contributed by atoms with E-state index < -0.39 is 12.6 Å². The van der Waals surface area contributed by atoms with E-state index >= 15 is 0 Å². The number of fused-ring (bicyclic) bond motifs is 4. The minimum Gasteiger partial charge on any atom is -0.493 e. The summed E-state index contributed by atoms with van der Waals surface area (Å²) in [5.41, 5.74) is 3.46. The predicted octanol–water partition coefficient (Wildman–Crippen LogP) is 9.66. The highest BCUT2D eigenvalue weighted by molar-refractivity contribution is 6.09. The zero-order valence-electron chi connectivity index (χ0n) is 37.9. The molecule has 8 aromatic rings. The molecule has 18 nitrogen and oxygen atoms in total. The summed E-state index contributed by atoms with van der Waals surface area (Å²) < 4.78 is 56.2. The number of benzene rings is 4. The Bertz CT molecular complexity index is 3090. The number of methoxy groups -OCH3 is 3. The molecule has 0 atom stereocenters. The average Bonchev–Trinajstić information content (AvgIpc) is 3.84. The second kappa shape index (κ2) is 21.4. The number of furan rings is 2. The normalized spacial score (nSPS) is 11.1. The molecule has 0 amide bonds. The summed E-state index contributed by atoms with van der Waals surface area (Å²) in [4.78, 5) is 52.6. The van der Waals surface area contributed by atoms with Crippen molar-refractivity contribution < 1.29 is 66.2 Å². The van der Waals surface area contributed by atoms with Crippen LogP contribution >= 0.6 is 0 Å². The first-order valence-corrected chi connectivity index (χ1v) is 21.1. The number of Topliss-reactive ketones (excluding diaryl/α,β-unsaturated/α-hetero) is 2. The molecule has 1 N–H and O–H groups in total. The molecule has 0 saturated carbocycles. The SMILES string of the molecule is CCC(=O)c1c(C)oc2cc(Oc3ncnc4cc(OC)c(OCC(=O)O)cc34)ccc12.CCC(=O)c1c(C)oc2cc(Oc3ncnc4cc(OCCOC)c(OCCOC)cc34)ccc12. The van der Waals surface area contributed by atoms with Gasteiger partial charge in [-0.3, -0.25) is 9.59 Å². The summed E-state index contributed by atoms with van der Waals surface area (Å²) >= 11 is 0. The highest BCUT2D eigenvalue weighted by Gasteiger charge is 2.21. The Labute approximate surface area is 383 Å². The van der Waals surface area contributed by atoms with Gasteiger partial charge in [0.05, 0.1) is 53.3 Å². The Hall–Kier alpha value is -7.83. The molecular weight excluding hydrogens is 869 g/mol. The molecule has 0 spiro atoms. The smallest absolute Gasteiger partial charge is 0.341 e. The van der Waals surface area contributed by atoms with Crippen LogP contribution in [0.3, 0.4) is 0 Å². The van der Waals surface area contributed by atoms with Crippen molar-refractivity contribution in [1.82, 2.24) is 19.9 Å². The van der Waals surface area contributed by atoms with E-state index in [9.17, 15) is 14.4 Å². The molecule has 0 unspecified atom stereocenters. The lowest BCUT2D eigenvalue weighted by molar-refractivity contribution is -0.139. The van der Waals surface area contributed by atoms with Gasteiger partial charge in [0.2, 0.25) is 11.8 Å². The lowest BCUT2D eigenvalue weighted by atomic mass is 10.1. The van der Waals surface area contributed by atoms with Crippen LogP contribution in [0.2, 0.25) is 0 Å². The fourth-order valence-corrected chi connectivity index (χ4v) is 7.15. The quantitative estimate of drug-likeness (QED) is 0.0555. The highest BCUT2D eigenvalue weighted by atomic mass is 16.6. The Balaban J connectivity index is 0.000000200. The van der Waals surface area contributed by atoms with Crippen molar-refractivity contribution in [3.8, 4) is 46.3 Å². The van der Waals surface area contributed by atoms with E-state index in [4.69, 9.17) is 51.8 Å². The Kier molecular flexibility index (Phi) is 15.1. The summed E-state index contributed by atoms with van der Waals surface area (Å²) in [5, 5.41) is 11.6. The van der Waals surface area contributed by atoms with Gasteiger partial charge >= 0.3 is 5.97 Å². The molecule has 18 heteroatoms. The monoisotopic (exact) mass is 916 g/mol. The first-order valence-electron chi connectivity index (χ1n) is 21.1. The van der Waals surface area contributed by atoms with Crippen molar-refractivity contribution in [3.63, 3.8) is 0 Å². The third-order valence-corrected chi connectivity index (χ3v) is 10.3. The summed E-state index contributed by atoms with van der Waals surface area (Å²) in [5.74, 6) is 3.27. The highest BCUT2D eigenvalue weighted by Crippen LogP contribution is 2.39. The molecule has 0 aliphatic rings. The standard InChI is InChI=1S/C26H28N2O7.C23H20N2O7/c1-5-21(29)25-16(2)34-22-12-17(6-7-18(22)25)35-26-19-13-23(32-10-8-30-3)24(33-11-9-31-4)14-20(19)27-15-28-26;1-4-17(26)22-12(2)31-18-7-13(5-6-14(18)22)32-23-15-8-20(30-10-21(27)28)19(29-3)9-16(15)24-11-25-23/h6-7,12-15H,5,8-11H2,1-4H3;5-9,11H,4,10H2,1-3H3,(H,27,28). The van der Waals surface area contributed by atoms with Crippen molar-refractivity contribution in [1.29, 1.82) is 0 Å². The molecule has 8 rings (SSSR count). The van der Waals surface area contributed by atoms with Crippen molar-refractivity contribution in [2.75, 3.05) is 54.4 Å². The number of nitrogens with zero attached hydrogens (tertiary/aromatic N) is 4. The zero-order chi connectivity index (χ0) is 47.6. The van der Waals surface area contributed by atoms with Gasteiger partial charge in [0, 0.05) is 62.1 Å². The zero-order valence-corrected chi connectivity index (χ0v) is 37.9. The van der Waals surface area contributed by atoms with E-state index in [0.29, 0.717) is 130 Å². The van der Waals surface area contributed by atoms with Gasteiger partial charge in [0.1, 0.15) is 60.1 Å². The lowest BCUT2D eigenvalue weighted by Crippen LogP contribution is -2.10. The van der Waals surface area contributed by atoms with Crippen molar-refractivity contribution >= 4 is 61.3 Å². The number of aliphatic carboxylic acids is 1. The van der Waals surface area contributed by atoms with Gasteiger partial charge in [0.25, 0.3) is 0 Å². The van der Waals surface area contributed by atoms with Gasteiger partial charge in [0.15, 0.2) is 41.2 Å². The van der Waals surface area contributed by atoms with Crippen LogP contribution in [0.25, 0.3) is 43.7 Å². The number of aryl methyl sites for hydroxylation is 2. The molecule has 4 aromatic heterocycles. The molecule has 4 heterocycles. The maximum atomic E-state index is 12.3. The number of rotatable bonds is 20. The van der Waals surface area contributed by atoms with Gasteiger partial charge in [-0.15, -0.1) is 0 Å². The van der Waals surface area contributed by atoms with Crippen LogP contribution in [0.1, 0.15) is 58.9 Å². The molecule has 0 aliphatic heterocycles. The number of carbonyl (C=O) groups is 3. The summed E-state index contributed by atoms with van der Waals surface area (Å²) in [7, 11) is 4.67. The minimum absolute atomic E-state index is 0.0135. The van der Waals surface area contributed by atoms with Crippen LogP contribution in [0.15, 0.2) is 82.2 Å². The Morgan fingerprint density at radius 1 is 0.552 bits per heavy atom. The average molecular weight is 917 g/mol. The van der Waals surface area contributed by atoms with E-state index in [1.54, 1.807) is 82.7 Å². The van der Waals surface area contributed by atoms with Gasteiger partial charge in [-0.2, -0.15) is 0 Å². The number of aromatic nitrogens is 4. The Morgan fingerprint density at radius 3 is 1.43 bits per heavy atom. The summed E-state index contributed by atoms with van der Waals surface area (Å²) in [6.07, 6.45) is 3.57. The summed E-state index contributed by atoms with van der Waals surface area (Å²) in [6.45, 7) is 8.23. The number of hydrogen-bond donors (Lipinski definition) is 1.